The first-order valence-electron chi connectivity index (χ1n) is 11.4. The van der Waals surface area contributed by atoms with E-state index >= 15 is 0 Å². The average molecular weight is 468 g/mol. The molecule has 1 aliphatic carbocycles. The molecule has 9 nitrogen and oxygen atoms in total. The molecule has 9 heteroatoms. The molecule has 2 aromatic rings. The van der Waals surface area contributed by atoms with Crippen molar-refractivity contribution >= 4 is 28.9 Å². The first kappa shape index (κ1) is 23.5. The van der Waals surface area contributed by atoms with Crippen LogP contribution in [0.3, 0.4) is 0 Å². The molecule has 0 aromatic heterocycles. The first-order valence-corrected chi connectivity index (χ1v) is 11.4. The molecule has 1 N–H and O–H groups in total. The number of anilines is 2. The number of carbonyl (C=O) groups excluding carboxylic acids is 2. The summed E-state index contributed by atoms with van der Waals surface area (Å²) in [4.78, 5) is 38.4. The monoisotopic (exact) mass is 467 g/mol. The van der Waals surface area contributed by atoms with Gasteiger partial charge in [-0.3, -0.25) is 19.7 Å². The van der Waals surface area contributed by atoms with Crippen molar-refractivity contribution in [2.24, 2.45) is 17.8 Å². The maximum atomic E-state index is 13.0. The van der Waals surface area contributed by atoms with Gasteiger partial charge >= 0.3 is 0 Å². The fraction of sp³-hybridized carbons (Fsp3) is 0.440. The SMILES string of the molecule is COc1ccc(CCNc2ccc(N3C(=O)[C@@H]4CC[C@@H](C)C[C@H]4C3=O)cc2[N+](=O)[O-])cc1OC. The van der Waals surface area contributed by atoms with Crippen LogP contribution in [0.5, 0.6) is 11.5 Å². The highest BCUT2D eigenvalue weighted by Crippen LogP contribution is 2.43. The highest BCUT2D eigenvalue weighted by Gasteiger charge is 2.50. The lowest BCUT2D eigenvalue weighted by molar-refractivity contribution is -0.383. The molecule has 1 saturated heterocycles. The molecule has 34 heavy (non-hydrogen) atoms. The second-order valence-electron chi connectivity index (χ2n) is 8.97. The van der Waals surface area contributed by atoms with E-state index in [9.17, 15) is 19.7 Å². The van der Waals surface area contributed by atoms with E-state index in [1.54, 1.807) is 26.4 Å². The van der Waals surface area contributed by atoms with Crippen LogP contribution in [0, 0.1) is 27.9 Å². The predicted molar refractivity (Wildman–Crippen MR) is 127 cm³/mol. The number of rotatable bonds is 8. The number of benzene rings is 2. The van der Waals surface area contributed by atoms with E-state index in [4.69, 9.17) is 9.47 Å². The Morgan fingerprint density at radius 1 is 1.03 bits per heavy atom. The van der Waals surface area contributed by atoms with Crippen LogP contribution < -0.4 is 19.7 Å². The van der Waals surface area contributed by atoms with E-state index in [2.05, 4.69) is 12.2 Å². The number of nitro benzene ring substituents is 1. The Balaban J connectivity index is 1.50. The van der Waals surface area contributed by atoms with Gasteiger partial charge in [0.15, 0.2) is 11.5 Å². The number of carbonyl (C=O) groups is 2. The van der Waals surface area contributed by atoms with Gasteiger partial charge in [0.25, 0.3) is 5.69 Å². The molecular weight excluding hydrogens is 438 g/mol. The Kier molecular flexibility index (Phi) is 6.72. The largest absolute Gasteiger partial charge is 0.493 e. The Labute approximate surface area is 198 Å². The van der Waals surface area contributed by atoms with Crippen LogP contribution in [0.15, 0.2) is 36.4 Å². The number of hydrogen-bond acceptors (Lipinski definition) is 7. The Bertz CT molecular complexity index is 1120. The van der Waals surface area contributed by atoms with Crippen LogP contribution in [0.4, 0.5) is 17.1 Å². The van der Waals surface area contributed by atoms with E-state index in [1.807, 2.05) is 18.2 Å². The average Bonchev–Trinajstić information content (AvgIpc) is 3.08. The highest BCUT2D eigenvalue weighted by atomic mass is 16.6. The van der Waals surface area contributed by atoms with Crippen LogP contribution in [-0.4, -0.2) is 37.5 Å². The topological polar surface area (TPSA) is 111 Å². The minimum absolute atomic E-state index is 0.173. The summed E-state index contributed by atoms with van der Waals surface area (Å²) in [5, 5.41) is 14.9. The molecule has 0 radical (unpaired) electrons. The molecule has 1 heterocycles. The number of hydrogen-bond donors (Lipinski definition) is 1. The van der Waals surface area contributed by atoms with Gasteiger partial charge in [0, 0.05) is 12.6 Å². The highest BCUT2D eigenvalue weighted by molar-refractivity contribution is 6.22. The maximum absolute atomic E-state index is 13.0. The van der Waals surface area contributed by atoms with Gasteiger partial charge in [-0.25, -0.2) is 4.90 Å². The summed E-state index contributed by atoms with van der Waals surface area (Å²) in [6, 6.07) is 10.1. The normalized spacial score (nSPS) is 21.9. The number of nitrogens with zero attached hydrogens (tertiary/aromatic N) is 2. The lowest BCUT2D eigenvalue weighted by atomic mass is 9.76. The third-order valence-corrected chi connectivity index (χ3v) is 6.80. The third-order valence-electron chi connectivity index (χ3n) is 6.80. The van der Waals surface area contributed by atoms with E-state index in [1.165, 1.54) is 6.07 Å². The molecule has 4 rings (SSSR count). The quantitative estimate of drug-likeness (QED) is 0.352. The van der Waals surface area contributed by atoms with Gasteiger partial charge in [-0.1, -0.05) is 13.0 Å². The zero-order chi connectivity index (χ0) is 24.4. The van der Waals surface area contributed by atoms with Gasteiger partial charge in [-0.05, 0) is 61.4 Å². The van der Waals surface area contributed by atoms with Crippen molar-refractivity contribution in [3.63, 3.8) is 0 Å². The van der Waals surface area contributed by atoms with Gasteiger partial charge in [0.1, 0.15) is 5.69 Å². The standard InChI is InChI=1S/C25H29N3O6/c1-15-4-7-18-19(12-15)25(30)27(24(18)29)17-6-8-20(21(14-17)28(31)32)26-11-10-16-5-9-22(33-2)23(13-16)34-3/h5-6,8-9,13-15,18-19,26H,4,7,10-12H2,1-3H3/t15-,18-,19-/m1/s1. The van der Waals surface area contributed by atoms with Crippen molar-refractivity contribution in [2.45, 2.75) is 32.6 Å². The Morgan fingerprint density at radius 2 is 1.76 bits per heavy atom. The summed E-state index contributed by atoms with van der Waals surface area (Å²) in [6.45, 7) is 2.53. The van der Waals surface area contributed by atoms with E-state index < -0.39 is 4.92 Å². The first-order chi connectivity index (χ1) is 16.3. The Morgan fingerprint density at radius 3 is 2.47 bits per heavy atom. The summed E-state index contributed by atoms with van der Waals surface area (Å²) in [5.74, 6) is 0.507. The summed E-state index contributed by atoms with van der Waals surface area (Å²) >= 11 is 0. The molecule has 1 aliphatic heterocycles. The molecule has 2 fully saturated rings. The molecule has 2 amide bonds. The molecule has 2 aromatic carbocycles. The number of ether oxygens (including phenoxy) is 2. The summed E-state index contributed by atoms with van der Waals surface area (Å²) < 4.78 is 10.6. The minimum atomic E-state index is -0.498. The Hall–Kier alpha value is -3.62. The number of methoxy groups -OCH3 is 2. The predicted octanol–water partition coefficient (Wildman–Crippen LogP) is 4.19. The number of nitro groups is 1. The minimum Gasteiger partial charge on any atom is -0.493 e. The number of imide groups is 1. The van der Waals surface area contributed by atoms with Crippen LogP contribution in [0.1, 0.15) is 31.7 Å². The molecule has 2 aliphatic rings. The van der Waals surface area contributed by atoms with Gasteiger partial charge in [0.05, 0.1) is 36.7 Å². The van der Waals surface area contributed by atoms with Crippen LogP contribution in [0.2, 0.25) is 0 Å². The third kappa shape index (κ3) is 4.42. The zero-order valence-electron chi connectivity index (χ0n) is 19.6. The molecule has 1 saturated carbocycles. The lowest BCUT2D eigenvalue weighted by Crippen LogP contribution is -2.31. The molecule has 0 spiro atoms. The maximum Gasteiger partial charge on any atom is 0.294 e. The molecule has 0 bridgehead atoms. The van der Waals surface area contributed by atoms with E-state index in [0.29, 0.717) is 48.9 Å². The second-order valence-corrected chi connectivity index (χ2v) is 8.97. The van der Waals surface area contributed by atoms with E-state index in [-0.39, 0.29) is 35.0 Å². The molecular formula is C25H29N3O6. The zero-order valence-corrected chi connectivity index (χ0v) is 19.6. The fourth-order valence-corrected chi connectivity index (χ4v) is 4.98. The van der Waals surface area contributed by atoms with Crippen molar-refractivity contribution in [3.05, 3.63) is 52.1 Å². The van der Waals surface area contributed by atoms with Crippen LogP contribution in [-0.2, 0) is 16.0 Å². The summed E-state index contributed by atoms with van der Waals surface area (Å²) in [7, 11) is 3.13. The van der Waals surface area contributed by atoms with Gasteiger partial charge in [-0.15, -0.1) is 0 Å². The van der Waals surface area contributed by atoms with Crippen molar-refractivity contribution in [1.29, 1.82) is 0 Å². The number of amides is 2. The number of nitrogens with one attached hydrogen (secondary N) is 1. The molecule has 0 unspecified atom stereocenters. The van der Waals surface area contributed by atoms with Crippen LogP contribution in [0.25, 0.3) is 0 Å². The van der Waals surface area contributed by atoms with Crippen molar-refractivity contribution < 1.29 is 24.0 Å². The van der Waals surface area contributed by atoms with Crippen molar-refractivity contribution in [3.8, 4) is 11.5 Å². The number of fused-ring (bicyclic) bond motifs is 1. The smallest absolute Gasteiger partial charge is 0.294 e. The van der Waals surface area contributed by atoms with Crippen molar-refractivity contribution in [2.75, 3.05) is 31.0 Å². The molecule has 3 atom stereocenters. The lowest BCUT2D eigenvalue weighted by Gasteiger charge is -2.25. The summed E-state index contributed by atoms with van der Waals surface area (Å²) in [5.41, 5.74) is 1.40. The van der Waals surface area contributed by atoms with Gasteiger partial charge < -0.3 is 14.8 Å². The second kappa shape index (κ2) is 9.70. The van der Waals surface area contributed by atoms with E-state index in [0.717, 1.165) is 16.9 Å². The van der Waals surface area contributed by atoms with Gasteiger partial charge in [-0.2, -0.15) is 0 Å². The fourth-order valence-electron chi connectivity index (χ4n) is 4.98. The molecule has 180 valence electrons. The van der Waals surface area contributed by atoms with Crippen molar-refractivity contribution in [1.82, 2.24) is 0 Å². The summed E-state index contributed by atoms with van der Waals surface area (Å²) in [6.07, 6.45) is 2.88. The van der Waals surface area contributed by atoms with Crippen LogP contribution >= 0.6 is 0 Å². The van der Waals surface area contributed by atoms with Gasteiger partial charge in [0.2, 0.25) is 11.8 Å².